The van der Waals surface area contributed by atoms with Crippen LogP contribution in [0.1, 0.15) is 0 Å². The number of hydrogen-bond acceptors (Lipinski definition) is 5. The van der Waals surface area contributed by atoms with Crippen molar-refractivity contribution in [3.63, 3.8) is 0 Å². The van der Waals surface area contributed by atoms with E-state index in [0.717, 1.165) is 10.4 Å². The van der Waals surface area contributed by atoms with Crippen LogP contribution in [0.25, 0.3) is 11.1 Å². The molecule has 0 aliphatic heterocycles. The van der Waals surface area contributed by atoms with Crippen LogP contribution in [0.3, 0.4) is 0 Å². The highest BCUT2D eigenvalue weighted by atomic mass is 35.5. The molecule has 3 rings (SSSR count). The Balaban J connectivity index is 1.98. The Morgan fingerprint density at radius 2 is 2.17 bits per heavy atom. The van der Waals surface area contributed by atoms with Gasteiger partial charge in [0.15, 0.2) is 5.58 Å². The largest absolute Gasteiger partial charge is 0.431 e. The fourth-order valence-corrected chi connectivity index (χ4v) is 2.48. The molecule has 0 saturated heterocycles. The van der Waals surface area contributed by atoms with E-state index in [-0.39, 0.29) is 0 Å². The summed E-state index contributed by atoms with van der Waals surface area (Å²) in [4.78, 5) is 9.13. The smallest absolute Gasteiger partial charge is 0.261 e. The predicted octanol–water partition coefficient (Wildman–Crippen LogP) is 3.61. The van der Waals surface area contributed by atoms with Crippen LogP contribution < -0.4 is 5.73 Å². The Kier molecular flexibility index (Phi) is 2.85. The summed E-state index contributed by atoms with van der Waals surface area (Å²) in [6, 6.07) is 7.18. The number of aromatic nitrogens is 2. The second-order valence-corrected chi connectivity index (χ2v) is 5.02. The van der Waals surface area contributed by atoms with Crippen LogP contribution in [0.4, 0.5) is 5.69 Å². The highest BCUT2D eigenvalue weighted by molar-refractivity contribution is 7.99. The average molecular weight is 278 g/mol. The van der Waals surface area contributed by atoms with Gasteiger partial charge in [0.2, 0.25) is 0 Å². The maximum atomic E-state index is 6.03. The van der Waals surface area contributed by atoms with Crippen LogP contribution in [-0.2, 0) is 0 Å². The summed E-state index contributed by atoms with van der Waals surface area (Å²) < 4.78 is 5.60. The quantitative estimate of drug-likeness (QED) is 0.725. The van der Waals surface area contributed by atoms with Crippen molar-refractivity contribution in [2.45, 2.75) is 10.1 Å². The van der Waals surface area contributed by atoms with Crippen molar-refractivity contribution in [3.8, 4) is 0 Å². The molecule has 4 nitrogen and oxygen atoms in total. The molecule has 6 heteroatoms. The number of pyridine rings is 1. The number of benzene rings is 1. The maximum absolute atomic E-state index is 6.03. The normalized spacial score (nSPS) is 10.9. The van der Waals surface area contributed by atoms with Crippen LogP contribution in [-0.4, -0.2) is 9.97 Å². The molecule has 1 aromatic carbocycles. The van der Waals surface area contributed by atoms with Crippen molar-refractivity contribution in [2.75, 3.05) is 5.73 Å². The second kappa shape index (κ2) is 4.51. The number of halogens is 1. The summed E-state index contributed by atoms with van der Waals surface area (Å²) in [6.45, 7) is 0. The zero-order chi connectivity index (χ0) is 12.5. The molecule has 2 N–H and O–H groups in total. The minimum Gasteiger partial charge on any atom is -0.431 e. The van der Waals surface area contributed by atoms with Crippen molar-refractivity contribution >= 4 is 40.1 Å². The Labute approximate surface area is 112 Å². The van der Waals surface area contributed by atoms with Crippen molar-refractivity contribution in [3.05, 3.63) is 41.7 Å². The molecule has 0 spiro atoms. The molecule has 0 aliphatic rings. The van der Waals surface area contributed by atoms with Gasteiger partial charge in [0, 0.05) is 29.0 Å². The molecule has 90 valence electrons. The number of fused-ring (bicyclic) bond motifs is 1. The third-order valence-electron chi connectivity index (χ3n) is 2.33. The van der Waals surface area contributed by atoms with E-state index in [1.807, 2.05) is 12.1 Å². The molecule has 0 atom stereocenters. The Morgan fingerprint density at radius 3 is 3.00 bits per heavy atom. The molecule has 18 heavy (non-hydrogen) atoms. The molecule has 2 aromatic heterocycles. The number of rotatable bonds is 2. The zero-order valence-corrected chi connectivity index (χ0v) is 10.7. The lowest BCUT2D eigenvalue weighted by Crippen LogP contribution is -1.81. The molecule has 0 aliphatic carbocycles. The van der Waals surface area contributed by atoms with E-state index in [4.69, 9.17) is 21.8 Å². The van der Waals surface area contributed by atoms with Gasteiger partial charge in [-0.1, -0.05) is 11.6 Å². The van der Waals surface area contributed by atoms with Gasteiger partial charge in [-0.15, -0.1) is 0 Å². The first-order chi connectivity index (χ1) is 8.72. The Morgan fingerprint density at radius 1 is 1.28 bits per heavy atom. The molecule has 2 heterocycles. The van der Waals surface area contributed by atoms with Gasteiger partial charge in [-0.25, -0.2) is 4.98 Å². The third-order valence-corrected chi connectivity index (χ3v) is 3.66. The third kappa shape index (κ3) is 2.14. The van der Waals surface area contributed by atoms with Crippen molar-refractivity contribution in [1.29, 1.82) is 0 Å². The number of anilines is 1. The minimum atomic E-state index is 0.531. The standard InChI is InChI=1S/C12H8ClN3OS/c13-8-6-15-4-3-11(8)18-12-16-9-2-1-7(14)5-10(9)17-12/h1-6H,14H2. The van der Waals surface area contributed by atoms with Gasteiger partial charge in [-0.05, 0) is 30.0 Å². The van der Waals surface area contributed by atoms with Gasteiger partial charge in [0.05, 0.1) is 5.02 Å². The first-order valence-corrected chi connectivity index (χ1v) is 6.35. The SMILES string of the molecule is Nc1ccc2nc(Sc3ccncc3Cl)oc2c1. The van der Waals surface area contributed by atoms with Crippen LogP contribution in [0.2, 0.25) is 5.02 Å². The molecular weight excluding hydrogens is 270 g/mol. The number of oxazole rings is 1. The summed E-state index contributed by atoms with van der Waals surface area (Å²) in [6.07, 6.45) is 3.26. The number of hydrogen-bond donors (Lipinski definition) is 1. The molecule has 0 radical (unpaired) electrons. The molecule has 0 bridgehead atoms. The molecular formula is C12H8ClN3OS. The maximum Gasteiger partial charge on any atom is 0.261 e. The van der Waals surface area contributed by atoms with Crippen LogP contribution in [0, 0.1) is 0 Å². The van der Waals surface area contributed by atoms with Crippen LogP contribution >= 0.6 is 23.4 Å². The van der Waals surface area contributed by atoms with E-state index in [2.05, 4.69) is 9.97 Å². The van der Waals surface area contributed by atoms with E-state index in [1.54, 1.807) is 24.5 Å². The molecule has 0 fully saturated rings. The van der Waals surface area contributed by atoms with E-state index < -0.39 is 0 Å². The van der Waals surface area contributed by atoms with Gasteiger partial charge in [0.1, 0.15) is 5.52 Å². The summed E-state index contributed by atoms with van der Waals surface area (Å²) in [5.41, 5.74) is 7.78. The predicted molar refractivity (Wildman–Crippen MR) is 71.8 cm³/mol. The Bertz CT molecular complexity index is 713. The highest BCUT2D eigenvalue weighted by Crippen LogP contribution is 2.33. The zero-order valence-electron chi connectivity index (χ0n) is 9.13. The fraction of sp³-hybridized carbons (Fsp3) is 0. The van der Waals surface area contributed by atoms with Crippen molar-refractivity contribution < 1.29 is 4.42 Å². The summed E-state index contributed by atoms with van der Waals surface area (Å²) in [7, 11) is 0. The monoisotopic (exact) mass is 277 g/mol. The Hall–Kier alpha value is -1.72. The summed E-state index contributed by atoms with van der Waals surface area (Å²) >= 11 is 7.38. The molecule has 0 unspecified atom stereocenters. The van der Waals surface area contributed by atoms with Crippen LogP contribution in [0.15, 0.2) is 51.2 Å². The van der Waals surface area contributed by atoms with Gasteiger partial charge >= 0.3 is 0 Å². The minimum absolute atomic E-state index is 0.531. The number of nitrogens with two attached hydrogens (primary N) is 1. The highest BCUT2D eigenvalue weighted by Gasteiger charge is 2.09. The number of nitrogen functional groups attached to an aromatic ring is 1. The van der Waals surface area contributed by atoms with Gasteiger partial charge in [-0.3, -0.25) is 4.98 Å². The van der Waals surface area contributed by atoms with Gasteiger partial charge < -0.3 is 10.2 Å². The lowest BCUT2D eigenvalue weighted by atomic mass is 10.3. The van der Waals surface area contributed by atoms with E-state index in [1.165, 1.54) is 11.8 Å². The lowest BCUT2D eigenvalue weighted by Gasteiger charge is -1.97. The van der Waals surface area contributed by atoms with Gasteiger partial charge in [0.25, 0.3) is 5.22 Å². The van der Waals surface area contributed by atoms with Crippen molar-refractivity contribution in [1.82, 2.24) is 9.97 Å². The molecule has 0 amide bonds. The van der Waals surface area contributed by atoms with Crippen molar-refractivity contribution in [2.24, 2.45) is 0 Å². The fourth-order valence-electron chi connectivity index (χ4n) is 1.50. The van der Waals surface area contributed by atoms with Gasteiger partial charge in [-0.2, -0.15) is 0 Å². The summed E-state index contributed by atoms with van der Waals surface area (Å²) in [5.74, 6) is 0. The first kappa shape index (κ1) is 11.4. The van der Waals surface area contributed by atoms with E-state index >= 15 is 0 Å². The topological polar surface area (TPSA) is 64.9 Å². The second-order valence-electron chi connectivity index (χ2n) is 3.62. The van der Waals surface area contributed by atoms with E-state index in [9.17, 15) is 0 Å². The lowest BCUT2D eigenvalue weighted by molar-refractivity contribution is 0.489. The van der Waals surface area contributed by atoms with Crippen LogP contribution in [0.5, 0.6) is 0 Å². The molecule has 0 saturated carbocycles. The summed E-state index contributed by atoms with van der Waals surface area (Å²) in [5, 5.41) is 1.10. The average Bonchev–Trinajstić information content (AvgIpc) is 2.73. The number of nitrogens with zero attached hydrogens (tertiary/aromatic N) is 2. The molecule has 3 aromatic rings. The first-order valence-electron chi connectivity index (χ1n) is 5.16. The van der Waals surface area contributed by atoms with E-state index in [0.29, 0.717) is 21.5 Å².